The SMILES string of the molecule is CC.O=C(CCCl)Nc1ccc2[nH]c(=O)oc2c1. The molecule has 0 saturated heterocycles. The minimum absolute atomic E-state index is 0.174. The minimum Gasteiger partial charge on any atom is -0.408 e. The summed E-state index contributed by atoms with van der Waals surface area (Å²) in [5, 5.41) is 2.64. The molecule has 0 radical (unpaired) electrons. The highest BCUT2D eigenvalue weighted by Gasteiger charge is 2.04. The standard InChI is InChI=1S/C10H9ClN2O3.C2H6/c11-4-3-9(14)12-6-1-2-7-8(5-6)16-10(15)13-7;1-2/h1-2,5H,3-4H2,(H,12,14)(H,13,15);1-2H3. The number of halogens is 1. The fourth-order valence-corrected chi connectivity index (χ4v) is 1.50. The van der Waals surface area contributed by atoms with Crippen LogP contribution in [0.15, 0.2) is 27.4 Å². The highest BCUT2D eigenvalue weighted by molar-refractivity contribution is 6.19. The van der Waals surface area contributed by atoms with Crippen molar-refractivity contribution in [3.63, 3.8) is 0 Å². The number of amides is 1. The molecule has 1 aromatic heterocycles. The van der Waals surface area contributed by atoms with Crippen LogP contribution in [-0.2, 0) is 4.79 Å². The monoisotopic (exact) mass is 270 g/mol. The first-order valence-electron chi connectivity index (χ1n) is 5.68. The van der Waals surface area contributed by atoms with Crippen LogP contribution in [0.2, 0.25) is 0 Å². The van der Waals surface area contributed by atoms with Crippen molar-refractivity contribution in [1.82, 2.24) is 4.98 Å². The van der Waals surface area contributed by atoms with Gasteiger partial charge in [0, 0.05) is 24.1 Å². The molecule has 6 heteroatoms. The van der Waals surface area contributed by atoms with Gasteiger partial charge in [-0.05, 0) is 12.1 Å². The number of aromatic amines is 1. The molecule has 1 amide bonds. The van der Waals surface area contributed by atoms with Crippen molar-refractivity contribution in [3.8, 4) is 0 Å². The number of carbonyl (C=O) groups excluding carboxylic acids is 1. The molecule has 2 N–H and O–H groups in total. The lowest BCUT2D eigenvalue weighted by molar-refractivity contribution is -0.115. The Hall–Kier alpha value is -1.75. The summed E-state index contributed by atoms with van der Waals surface area (Å²) in [5.41, 5.74) is 1.58. The van der Waals surface area contributed by atoms with Gasteiger partial charge in [-0.3, -0.25) is 9.78 Å². The van der Waals surface area contributed by atoms with Crippen molar-refractivity contribution in [2.75, 3.05) is 11.2 Å². The number of hydrogen-bond donors (Lipinski definition) is 2. The van der Waals surface area contributed by atoms with E-state index in [0.717, 1.165) is 0 Å². The van der Waals surface area contributed by atoms with E-state index in [1.54, 1.807) is 18.2 Å². The van der Waals surface area contributed by atoms with Gasteiger partial charge < -0.3 is 9.73 Å². The second kappa shape index (κ2) is 6.86. The number of H-pyrrole nitrogens is 1. The average Bonchev–Trinajstić information content (AvgIpc) is 2.71. The molecular weight excluding hydrogens is 256 g/mol. The van der Waals surface area contributed by atoms with Crippen LogP contribution in [0.3, 0.4) is 0 Å². The van der Waals surface area contributed by atoms with Crippen LogP contribution in [0.4, 0.5) is 5.69 Å². The largest absolute Gasteiger partial charge is 0.417 e. The number of alkyl halides is 1. The maximum atomic E-state index is 11.3. The lowest BCUT2D eigenvalue weighted by Crippen LogP contribution is -2.11. The summed E-state index contributed by atoms with van der Waals surface area (Å²) in [7, 11) is 0. The first-order valence-corrected chi connectivity index (χ1v) is 6.21. The van der Waals surface area contributed by atoms with Crippen LogP contribution >= 0.6 is 11.6 Å². The van der Waals surface area contributed by atoms with Crippen molar-refractivity contribution in [1.29, 1.82) is 0 Å². The van der Waals surface area contributed by atoms with Gasteiger partial charge in [-0.15, -0.1) is 11.6 Å². The molecule has 0 bridgehead atoms. The molecule has 5 nitrogen and oxygen atoms in total. The maximum Gasteiger partial charge on any atom is 0.417 e. The maximum absolute atomic E-state index is 11.3. The molecular formula is C12H15ClN2O3. The number of hydrogen-bond acceptors (Lipinski definition) is 3. The average molecular weight is 271 g/mol. The summed E-state index contributed by atoms with van der Waals surface area (Å²) < 4.78 is 4.86. The number of carbonyl (C=O) groups is 1. The Morgan fingerprint density at radius 2 is 2.17 bits per heavy atom. The van der Waals surface area contributed by atoms with E-state index in [4.69, 9.17) is 16.0 Å². The zero-order chi connectivity index (χ0) is 13.5. The molecule has 0 aliphatic heterocycles. The van der Waals surface area contributed by atoms with Crippen molar-refractivity contribution < 1.29 is 9.21 Å². The Bertz CT molecular complexity index is 574. The van der Waals surface area contributed by atoms with Crippen LogP contribution in [-0.4, -0.2) is 16.8 Å². The van der Waals surface area contributed by atoms with Crippen LogP contribution in [0.1, 0.15) is 20.3 Å². The third kappa shape index (κ3) is 3.63. The predicted molar refractivity (Wildman–Crippen MR) is 72.1 cm³/mol. The van der Waals surface area contributed by atoms with Crippen LogP contribution in [0.25, 0.3) is 11.1 Å². The van der Waals surface area contributed by atoms with E-state index in [2.05, 4.69) is 10.3 Å². The Labute approximate surface area is 109 Å². The summed E-state index contributed by atoms with van der Waals surface area (Å²) in [6.07, 6.45) is 0.247. The molecule has 18 heavy (non-hydrogen) atoms. The quantitative estimate of drug-likeness (QED) is 0.842. The molecule has 0 aliphatic rings. The number of oxazole rings is 1. The summed E-state index contributed by atoms with van der Waals surface area (Å²) in [6.45, 7) is 4.00. The molecule has 2 rings (SSSR count). The summed E-state index contributed by atoms with van der Waals surface area (Å²) >= 11 is 5.44. The van der Waals surface area contributed by atoms with Gasteiger partial charge >= 0.3 is 5.76 Å². The van der Waals surface area contributed by atoms with Crippen molar-refractivity contribution in [2.45, 2.75) is 20.3 Å². The summed E-state index contributed by atoms with van der Waals surface area (Å²) in [5.74, 6) is -0.417. The lowest BCUT2D eigenvalue weighted by Gasteiger charge is -2.02. The number of benzene rings is 1. The van der Waals surface area contributed by atoms with E-state index in [0.29, 0.717) is 16.8 Å². The minimum atomic E-state index is -0.515. The van der Waals surface area contributed by atoms with Gasteiger partial charge in [-0.2, -0.15) is 0 Å². The van der Waals surface area contributed by atoms with Crippen LogP contribution in [0.5, 0.6) is 0 Å². The Kier molecular flexibility index (Phi) is 5.45. The van der Waals surface area contributed by atoms with E-state index in [1.807, 2.05) is 13.8 Å². The van der Waals surface area contributed by atoms with Crippen molar-refractivity contribution in [3.05, 3.63) is 28.7 Å². The highest BCUT2D eigenvalue weighted by atomic mass is 35.5. The number of anilines is 1. The van der Waals surface area contributed by atoms with E-state index in [1.165, 1.54) is 0 Å². The molecule has 0 atom stereocenters. The molecule has 2 aromatic rings. The number of aromatic nitrogens is 1. The smallest absolute Gasteiger partial charge is 0.408 e. The third-order valence-corrected chi connectivity index (χ3v) is 2.22. The summed E-state index contributed by atoms with van der Waals surface area (Å²) in [6, 6.07) is 4.93. The Morgan fingerprint density at radius 3 is 2.83 bits per heavy atom. The second-order valence-corrected chi connectivity index (χ2v) is 3.59. The molecule has 1 aromatic carbocycles. The van der Waals surface area contributed by atoms with Gasteiger partial charge in [-0.25, -0.2) is 4.79 Å². The molecule has 0 spiro atoms. The predicted octanol–water partition coefficient (Wildman–Crippen LogP) is 2.71. The van der Waals surface area contributed by atoms with Crippen molar-refractivity contribution in [2.24, 2.45) is 0 Å². The zero-order valence-corrected chi connectivity index (χ0v) is 11.0. The number of fused-ring (bicyclic) bond motifs is 1. The normalized spacial score (nSPS) is 9.72. The molecule has 0 saturated carbocycles. The van der Waals surface area contributed by atoms with Crippen LogP contribution < -0.4 is 11.1 Å². The molecule has 1 heterocycles. The van der Waals surface area contributed by atoms with Gasteiger partial charge in [0.1, 0.15) is 0 Å². The molecule has 0 aliphatic carbocycles. The fourth-order valence-electron chi connectivity index (χ4n) is 1.33. The number of rotatable bonds is 3. The van der Waals surface area contributed by atoms with E-state index >= 15 is 0 Å². The zero-order valence-electron chi connectivity index (χ0n) is 10.2. The Balaban J connectivity index is 0.000000771. The molecule has 0 unspecified atom stereocenters. The molecule has 98 valence electrons. The highest BCUT2D eigenvalue weighted by Crippen LogP contribution is 2.16. The van der Waals surface area contributed by atoms with E-state index < -0.39 is 5.76 Å². The van der Waals surface area contributed by atoms with Gasteiger partial charge in [-0.1, -0.05) is 13.8 Å². The van der Waals surface area contributed by atoms with Gasteiger partial charge in [0.25, 0.3) is 0 Å². The van der Waals surface area contributed by atoms with Gasteiger partial charge in [0.15, 0.2) is 5.58 Å². The first-order chi connectivity index (χ1) is 8.69. The van der Waals surface area contributed by atoms with E-state index in [-0.39, 0.29) is 18.2 Å². The third-order valence-electron chi connectivity index (χ3n) is 2.03. The van der Waals surface area contributed by atoms with Gasteiger partial charge in [0.2, 0.25) is 5.91 Å². The Morgan fingerprint density at radius 1 is 1.44 bits per heavy atom. The van der Waals surface area contributed by atoms with E-state index in [9.17, 15) is 9.59 Å². The van der Waals surface area contributed by atoms with Crippen LogP contribution in [0, 0.1) is 0 Å². The first kappa shape index (κ1) is 14.3. The number of nitrogens with one attached hydrogen (secondary N) is 2. The topological polar surface area (TPSA) is 75.1 Å². The van der Waals surface area contributed by atoms with Gasteiger partial charge in [0.05, 0.1) is 5.52 Å². The second-order valence-electron chi connectivity index (χ2n) is 3.21. The van der Waals surface area contributed by atoms with Crippen molar-refractivity contribution >= 4 is 34.3 Å². The fraction of sp³-hybridized carbons (Fsp3) is 0.333. The summed E-state index contributed by atoms with van der Waals surface area (Å²) in [4.78, 5) is 24.7. The lowest BCUT2D eigenvalue weighted by atomic mass is 10.3. The molecule has 0 fully saturated rings.